The van der Waals surface area contributed by atoms with Crippen LogP contribution in [-0.2, 0) is 0 Å². The molecule has 0 spiro atoms. The van der Waals surface area contributed by atoms with E-state index in [2.05, 4.69) is 11.9 Å². The highest BCUT2D eigenvalue weighted by molar-refractivity contribution is 5.71. The SMILES string of the molecule is CCCOc1ccc(-c2nc(C(C)C)n(N)c2N)cc1. The standard InChI is InChI=1S/C15H22N4O/c1-4-9-20-12-7-5-11(6-8-12)13-14(16)19(17)15(18-13)10(2)3/h5-8,10H,4,9,16-17H2,1-3H3. The number of hydrogen-bond acceptors (Lipinski definition) is 4. The van der Waals surface area contributed by atoms with Crippen LogP contribution in [0.3, 0.4) is 0 Å². The molecule has 1 aromatic carbocycles. The van der Waals surface area contributed by atoms with Crippen LogP contribution in [0.1, 0.15) is 38.9 Å². The van der Waals surface area contributed by atoms with Crippen molar-refractivity contribution >= 4 is 5.82 Å². The minimum atomic E-state index is 0.225. The van der Waals surface area contributed by atoms with Gasteiger partial charge in [0.05, 0.1) is 6.61 Å². The third-order valence-corrected chi connectivity index (χ3v) is 3.09. The number of rotatable bonds is 5. The summed E-state index contributed by atoms with van der Waals surface area (Å²) in [7, 11) is 0. The Kier molecular flexibility index (Phi) is 4.17. The van der Waals surface area contributed by atoms with Crippen molar-refractivity contribution in [1.82, 2.24) is 9.66 Å². The van der Waals surface area contributed by atoms with E-state index in [9.17, 15) is 0 Å². The summed E-state index contributed by atoms with van der Waals surface area (Å²) in [5, 5.41) is 0. The highest BCUT2D eigenvalue weighted by Crippen LogP contribution is 2.28. The van der Waals surface area contributed by atoms with E-state index in [0.717, 1.165) is 35.9 Å². The Hall–Kier alpha value is -2.17. The van der Waals surface area contributed by atoms with Crippen molar-refractivity contribution in [3.63, 3.8) is 0 Å². The fraction of sp³-hybridized carbons (Fsp3) is 0.400. The van der Waals surface area contributed by atoms with Crippen LogP contribution >= 0.6 is 0 Å². The molecule has 0 aliphatic rings. The van der Waals surface area contributed by atoms with E-state index in [-0.39, 0.29) is 5.92 Å². The first-order chi connectivity index (χ1) is 9.54. The van der Waals surface area contributed by atoms with E-state index >= 15 is 0 Å². The van der Waals surface area contributed by atoms with E-state index in [1.807, 2.05) is 38.1 Å². The normalized spacial score (nSPS) is 11.0. The van der Waals surface area contributed by atoms with Crippen LogP contribution in [-0.4, -0.2) is 16.3 Å². The predicted octanol–water partition coefficient (Wildman–Crippen LogP) is 2.76. The predicted molar refractivity (Wildman–Crippen MR) is 82.1 cm³/mol. The highest BCUT2D eigenvalue weighted by atomic mass is 16.5. The summed E-state index contributed by atoms with van der Waals surface area (Å²) in [5.41, 5.74) is 7.70. The van der Waals surface area contributed by atoms with Gasteiger partial charge in [-0.2, -0.15) is 0 Å². The molecular weight excluding hydrogens is 252 g/mol. The molecule has 0 saturated carbocycles. The lowest BCUT2D eigenvalue weighted by molar-refractivity contribution is 0.317. The van der Waals surface area contributed by atoms with Gasteiger partial charge in [-0.25, -0.2) is 9.66 Å². The number of nitrogens with zero attached hydrogens (tertiary/aromatic N) is 2. The lowest BCUT2D eigenvalue weighted by Crippen LogP contribution is -2.16. The second-order valence-corrected chi connectivity index (χ2v) is 5.10. The van der Waals surface area contributed by atoms with Crippen molar-refractivity contribution in [3.05, 3.63) is 30.1 Å². The first kappa shape index (κ1) is 14.2. The monoisotopic (exact) mass is 274 g/mol. The van der Waals surface area contributed by atoms with Gasteiger partial charge in [0.15, 0.2) is 5.82 Å². The summed E-state index contributed by atoms with van der Waals surface area (Å²) in [6.45, 7) is 6.88. The van der Waals surface area contributed by atoms with Crippen LogP contribution in [0, 0.1) is 0 Å². The maximum atomic E-state index is 6.04. The molecule has 5 heteroatoms. The van der Waals surface area contributed by atoms with Crippen LogP contribution in [0.15, 0.2) is 24.3 Å². The van der Waals surface area contributed by atoms with E-state index in [1.54, 1.807) is 0 Å². The molecule has 2 rings (SSSR count). The molecule has 0 amide bonds. The molecule has 5 nitrogen and oxygen atoms in total. The van der Waals surface area contributed by atoms with Crippen LogP contribution in [0.4, 0.5) is 5.82 Å². The topological polar surface area (TPSA) is 79.1 Å². The van der Waals surface area contributed by atoms with Gasteiger partial charge < -0.3 is 16.3 Å². The average Bonchev–Trinajstić information content (AvgIpc) is 2.74. The number of ether oxygens (including phenoxy) is 1. The number of anilines is 1. The molecular formula is C15H22N4O. The van der Waals surface area contributed by atoms with Crippen molar-refractivity contribution in [1.29, 1.82) is 0 Å². The number of nitrogen functional groups attached to an aromatic ring is 2. The smallest absolute Gasteiger partial charge is 0.150 e. The maximum Gasteiger partial charge on any atom is 0.150 e. The Morgan fingerprint density at radius 1 is 1.25 bits per heavy atom. The Bertz CT molecular complexity index is 572. The molecule has 0 aliphatic carbocycles. The van der Waals surface area contributed by atoms with Crippen LogP contribution < -0.4 is 16.3 Å². The van der Waals surface area contributed by atoms with Gasteiger partial charge in [0.2, 0.25) is 0 Å². The fourth-order valence-electron chi connectivity index (χ4n) is 2.01. The van der Waals surface area contributed by atoms with E-state index in [1.165, 1.54) is 4.68 Å². The van der Waals surface area contributed by atoms with Crippen LogP contribution in [0.25, 0.3) is 11.3 Å². The molecule has 0 aliphatic heterocycles. The van der Waals surface area contributed by atoms with Crippen LogP contribution in [0.2, 0.25) is 0 Å². The molecule has 0 radical (unpaired) electrons. The third kappa shape index (κ3) is 2.71. The zero-order valence-electron chi connectivity index (χ0n) is 12.3. The quantitative estimate of drug-likeness (QED) is 0.822. The van der Waals surface area contributed by atoms with Gasteiger partial charge in [-0.05, 0) is 30.7 Å². The molecule has 0 unspecified atom stereocenters. The van der Waals surface area contributed by atoms with Crippen molar-refractivity contribution in [2.75, 3.05) is 18.2 Å². The Morgan fingerprint density at radius 2 is 1.90 bits per heavy atom. The van der Waals surface area contributed by atoms with E-state index in [0.29, 0.717) is 5.82 Å². The first-order valence-electron chi connectivity index (χ1n) is 6.91. The van der Waals surface area contributed by atoms with Crippen molar-refractivity contribution in [3.8, 4) is 17.0 Å². The summed E-state index contributed by atoms with van der Waals surface area (Å²) in [5.74, 6) is 8.28. The zero-order valence-corrected chi connectivity index (χ0v) is 12.3. The lowest BCUT2D eigenvalue weighted by Gasteiger charge is -2.05. The number of nitrogens with two attached hydrogens (primary N) is 2. The minimum absolute atomic E-state index is 0.225. The average molecular weight is 274 g/mol. The van der Waals surface area contributed by atoms with E-state index < -0.39 is 0 Å². The fourth-order valence-corrected chi connectivity index (χ4v) is 2.01. The molecule has 0 bridgehead atoms. The van der Waals surface area contributed by atoms with Crippen molar-refractivity contribution in [2.45, 2.75) is 33.1 Å². The largest absolute Gasteiger partial charge is 0.494 e. The molecule has 4 N–H and O–H groups in total. The summed E-state index contributed by atoms with van der Waals surface area (Å²) in [4.78, 5) is 4.54. The second-order valence-electron chi connectivity index (χ2n) is 5.10. The molecule has 0 fully saturated rings. The zero-order chi connectivity index (χ0) is 14.7. The third-order valence-electron chi connectivity index (χ3n) is 3.09. The minimum Gasteiger partial charge on any atom is -0.494 e. The van der Waals surface area contributed by atoms with Crippen molar-refractivity contribution in [2.24, 2.45) is 0 Å². The number of benzene rings is 1. The van der Waals surface area contributed by atoms with Gasteiger partial charge in [-0.15, -0.1) is 0 Å². The highest BCUT2D eigenvalue weighted by Gasteiger charge is 2.16. The Labute approximate surface area is 119 Å². The number of aromatic nitrogens is 2. The molecule has 0 atom stereocenters. The molecule has 1 aromatic heterocycles. The Morgan fingerprint density at radius 3 is 2.40 bits per heavy atom. The second kappa shape index (κ2) is 5.86. The first-order valence-corrected chi connectivity index (χ1v) is 6.91. The molecule has 1 heterocycles. The van der Waals surface area contributed by atoms with Gasteiger partial charge >= 0.3 is 0 Å². The van der Waals surface area contributed by atoms with Gasteiger partial charge in [0.25, 0.3) is 0 Å². The summed E-state index contributed by atoms with van der Waals surface area (Å²) in [6, 6.07) is 7.76. The van der Waals surface area contributed by atoms with Crippen LogP contribution in [0.5, 0.6) is 5.75 Å². The maximum absolute atomic E-state index is 6.04. The molecule has 108 valence electrons. The lowest BCUT2D eigenvalue weighted by atomic mass is 10.1. The van der Waals surface area contributed by atoms with Gasteiger partial charge in [0.1, 0.15) is 17.3 Å². The van der Waals surface area contributed by atoms with E-state index in [4.69, 9.17) is 16.3 Å². The summed E-state index contributed by atoms with van der Waals surface area (Å²) in [6.07, 6.45) is 0.990. The molecule has 0 saturated heterocycles. The van der Waals surface area contributed by atoms with Gasteiger partial charge in [-0.3, -0.25) is 0 Å². The molecule has 2 aromatic rings. The summed E-state index contributed by atoms with van der Waals surface area (Å²) >= 11 is 0. The van der Waals surface area contributed by atoms with Gasteiger partial charge in [0, 0.05) is 11.5 Å². The van der Waals surface area contributed by atoms with Gasteiger partial charge in [-0.1, -0.05) is 20.8 Å². The molecule has 20 heavy (non-hydrogen) atoms. The number of imidazole rings is 1. The number of hydrogen-bond donors (Lipinski definition) is 2. The van der Waals surface area contributed by atoms with Crippen molar-refractivity contribution < 1.29 is 4.74 Å². The summed E-state index contributed by atoms with van der Waals surface area (Å²) < 4.78 is 7.02. The Balaban J connectivity index is 2.30.